The van der Waals surface area contributed by atoms with Gasteiger partial charge in [0.25, 0.3) is 10.0 Å². The minimum atomic E-state index is -3.72. The zero-order chi connectivity index (χ0) is 15.5. The molecule has 0 fully saturated rings. The van der Waals surface area contributed by atoms with E-state index in [1.165, 1.54) is 6.07 Å². The van der Waals surface area contributed by atoms with Crippen LogP contribution in [-0.2, 0) is 16.6 Å². The summed E-state index contributed by atoms with van der Waals surface area (Å²) in [7, 11) is -1.88. The number of anilines is 1. The quantitative estimate of drug-likeness (QED) is 0.821. The van der Waals surface area contributed by atoms with Crippen molar-refractivity contribution in [2.24, 2.45) is 0 Å². The molecule has 0 unspecified atom stereocenters. The second kappa shape index (κ2) is 6.79. The highest BCUT2D eigenvalue weighted by molar-refractivity contribution is 9.10. The Morgan fingerprint density at radius 2 is 1.95 bits per heavy atom. The van der Waals surface area contributed by atoms with E-state index in [4.69, 9.17) is 11.6 Å². The van der Waals surface area contributed by atoms with E-state index >= 15 is 0 Å². The largest absolute Gasteiger partial charge is 0.316 e. The van der Waals surface area contributed by atoms with Crippen LogP contribution in [0.15, 0.2) is 51.8 Å². The summed E-state index contributed by atoms with van der Waals surface area (Å²) < 4.78 is 28.0. The summed E-state index contributed by atoms with van der Waals surface area (Å²) in [5.41, 5.74) is 1.49. The third-order valence-electron chi connectivity index (χ3n) is 2.74. The molecule has 0 atom stereocenters. The van der Waals surface area contributed by atoms with Gasteiger partial charge in [-0.25, -0.2) is 8.42 Å². The molecule has 0 bridgehead atoms. The Balaban J connectivity index is 2.31. The van der Waals surface area contributed by atoms with E-state index < -0.39 is 10.0 Å². The van der Waals surface area contributed by atoms with Crippen molar-refractivity contribution in [3.63, 3.8) is 0 Å². The Kier molecular flexibility index (Phi) is 5.27. The fourth-order valence-corrected chi connectivity index (χ4v) is 3.94. The van der Waals surface area contributed by atoms with Crippen LogP contribution in [0.4, 0.5) is 5.69 Å². The van der Waals surface area contributed by atoms with Gasteiger partial charge in [-0.05, 0) is 42.9 Å². The Labute approximate surface area is 137 Å². The lowest BCUT2D eigenvalue weighted by atomic mass is 10.2. The van der Waals surface area contributed by atoms with Gasteiger partial charge in [0.15, 0.2) is 0 Å². The molecule has 0 radical (unpaired) electrons. The molecule has 0 heterocycles. The molecule has 0 saturated carbocycles. The SMILES string of the molecule is CNCc1cccc(NS(=O)(=O)c2ccc(Br)cc2Cl)c1. The van der Waals surface area contributed by atoms with Crippen molar-refractivity contribution in [2.75, 3.05) is 11.8 Å². The summed E-state index contributed by atoms with van der Waals surface area (Å²) in [6.45, 7) is 0.661. The van der Waals surface area contributed by atoms with Crippen molar-refractivity contribution < 1.29 is 8.42 Å². The highest BCUT2D eigenvalue weighted by Gasteiger charge is 2.18. The van der Waals surface area contributed by atoms with E-state index in [-0.39, 0.29) is 9.92 Å². The number of nitrogens with one attached hydrogen (secondary N) is 2. The monoisotopic (exact) mass is 388 g/mol. The number of halogens is 2. The topological polar surface area (TPSA) is 58.2 Å². The third-order valence-corrected chi connectivity index (χ3v) is 5.10. The van der Waals surface area contributed by atoms with Gasteiger partial charge >= 0.3 is 0 Å². The fourth-order valence-electron chi connectivity index (χ4n) is 1.85. The molecule has 2 N–H and O–H groups in total. The van der Waals surface area contributed by atoms with Crippen molar-refractivity contribution in [3.05, 3.63) is 57.5 Å². The van der Waals surface area contributed by atoms with Crippen LogP contribution in [-0.4, -0.2) is 15.5 Å². The van der Waals surface area contributed by atoms with Gasteiger partial charge in [-0.1, -0.05) is 39.7 Å². The molecular formula is C14H14BrClN2O2S. The highest BCUT2D eigenvalue weighted by atomic mass is 79.9. The Bertz CT molecular complexity index is 750. The predicted octanol–water partition coefficient (Wildman–Crippen LogP) is 3.62. The first kappa shape index (κ1) is 16.3. The van der Waals surface area contributed by atoms with Crippen molar-refractivity contribution in [1.29, 1.82) is 0 Å². The lowest BCUT2D eigenvalue weighted by Crippen LogP contribution is -2.14. The lowest BCUT2D eigenvalue weighted by Gasteiger charge is -2.11. The molecule has 4 nitrogen and oxygen atoms in total. The molecular weight excluding hydrogens is 376 g/mol. The summed E-state index contributed by atoms with van der Waals surface area (Å²) >= 11 is 9.25. The molecule has 7 heteroatoms. The summed E-state index contributed by atoms with van der Waals surface area (Å²) in [5, 5.41) is 3.19. The van der Waals surface area contributed by atoms with E-state index in [1.807, 2.05) is 13.1 Å². The molecule has 0 aromatic heterocycles. The second-order valence-corrected chi connectivity index (χ2v) is 7.38. The van der Waals surface area contributed by atoms with Gasteiger partial charge in [0.05, 0.1) is 5.02 Å². The number of hydrogen-bond donors (Lipinski definition) is 2. The number of benzene rings is 2. The summed E-state index contributed by atoms with van der Waals surface area (Å²) in [6, 6.07) is 11.8. The van der Waals surface area contributed by atoms with Gasteiger partial charge in [0.1, 0.15) is 4.90 Å². The molecule has 0 aliphatic carbocycles. The Hall–Kier alpha value is -1.08. The second-order valence-electron chi connectivity index (χ2n) is 4.41. The predicted molar refractivity (Wildman–Crippen MR) is 89.2 cm³/mol. The minimum Gasteiger partial charge on any atom is -0.316 e. The molecule has 112 valence electrons. The summed E-state index contributed by atoms with van der Waals surface area (Å²) in [6.07, 6.45) is 0. The van der Waals surface area contributed by atoms with Crippen molar-refractivity contribution in [2.45, 2.75) is 11.4 Å². The zero-order valence-electron chi connectivity index (χ0n) is 11.2. The molecule has 0 saturated heterocycles. The maximum atomic E-state index is 12.4. The fraction of sp³-hybridized carbons (Fsp3) is 0.143. The molecule has 0 aliphatic rings. The van der Waals surface area contributed by atoms with E-state index in [9.17, 15) is 8.42 Å². The molecule has 0 amide bonds. The van der Waals surface area contributed by atoms with Gasteiger partial charge < -0.3 is 5.32 Å². The van der Waals surface area contributed by atoms with E-state index in [0.29, 0.717) is 12.2 Å². The number of rotatable bonds is 5. The maximum Gasteiger partial charge on any atom is 0.263 e. The smallest absolute Gasteiger partial charge is 0.263 e. The molecule has 2 rings (SSSR count). The standard InChI is InChI=1S/C14H14BrClN2O2S/c1-17-9-10-3-2-4-12(7-10)18-21(19,20)14-6-5-11(15)8-13(14)16/h2-8,17-18H,9H2,1H3. The van der Waals surface area contributed by atoms with Gasteiger partial charge in [-0.15, -0.1) is 0 Å². The van der Waals surface area contributed by atoms with E-state index in [0.717, 1.165) is 10.0 Å². The van der Waals surface area contributed by atoms with E-state index in [1.54, 1.807) is 30.3 Å². The molecule has 0 spiro atoms. The minimum absolute atomic E-state index is 0.0476. The number of sulfonamides is 1. The normalized spacial score (nSPS) is 11.4. The van der Waals surface area contributed by atoms with Crippen LogP contribution in [0.3, 0.4) is 0 Å². The molecule has 0 aliphatic heterocycles. The number of hydrogen-bond acceptors (Lipinski definition) is 3. The average molecular weight is 390 g/mol. The Morgan fingerprint density at radius 3 is 2.62 bits per heavy atom. The van der Waals surface area contributed by atoms with Crippen molar-refractivity contribution in [3.8, 4) is 0 Å². The first-order chi connectivity index (χ1) is 9.92. The van der Waals surface area contributed by atoms with Crippen molar-refractivity contribution in [1.82, 2.24) is 5.32 Å². The van der Waals surface area contributed by atoms with Crippen LogP contribution >= 0.6 is 27.5 Å². The van der Waals surface area contributed by atoms with Crippen LogP contribution in [0.25, 0.3) is 0 Å². The van der Waals surface area contributed by atoms with Crippen LogP contribution < -0.4 is 10.0 Å². The highest BCUT2D eigenvalue weighted by Crippen LogP contribution is 2.27. The van der Waals surface area contributed by atoms with Gasteiger partial charge in [-0.3, -0.25) is 4.72 Å². The zero-order valence-corrected chi connectivity index (χ0v) is 14.4. The Morgan fingerprint density at radius 1 is 1.19 bits per heavy atom. The van der Waals surface area contributed by atoms with Crippen LogP contribution in [0.1, 0.15) is 5.56 Å². The summed E-state index contributed by atoms with van der Waals surface area (Å²) in [4.78, 5) is 0.0476. The average Bonchev–Trinajstić information content (AvgIpc) is 2.38. The lowest BCUT2D eigenvalue weighted by molar-refractivity contribution is 0.601. The van der Waals surface area contributed by atoms with Crippen LogP contribution in [0, 0.1) is 0 Å². The van der Waals surface area contributed by atoms with Gasteiger partial charge in [0.2, 0.25) is 0 Å². The maximum absolute atomic E-state index is 12.4. The first-order valence-corrected chi connectivity index (χ1v) is 8.79. The third kappa shape index (κ3) is 4.20. The van der Waals surface area contributed by atoms with Gasteiger partial charge in [0, 0.05) is 16.7 Å². The van der Waals surface area contributed by atoms with Gasteiger partial charge in [-0.2, -0.15) is 0 Å². The first-order valence-electron chi connectivity index (χ1n) is 6.14. The molecule has 21 heavy (non-hydrogen) atoms. The van der Waals surface area contributed by atoms with Crippen LogP contribution in [0.5, 0.6) is 0 Å². The summed E-state index contributed by atoms with van der Waals surface area (Å²) in [5.74, 6) is 0. The molecule has 2 aromatic rings. The van der Waals surface area contributed by atoms with Crippen molar-refractivity contribution >= 4 is 43.2 Å². The molecule has 2 aromatic carbocycles. The van der Waals surface area contributed by atoms with Crippen LogP contribution in [0.2, 0.25) is 5.02 Å². The van der Waals surface area contributed by atoms with E-state index in [2.05, 4.69) is 26.0 Å².